The first-order valence-electron chi connectivity index (χ1n) is 9.69. The summed E-state index contributed by atoms with van der Waals surface area (Å²) >= 11 is 6.00. The van der Waals surface area contributed by atoms with E-state index in [-0.39, 0.29) is 17.7 Å². The maximum atomic E-state index is 13.0. The zero-order chi connectivity index (χ0) is 19.5. The monoisotopic (exact) mass is 397 g/mol. The van der Waals surface area contributed by atoms with Gasteiger partial charge in [-0.15, -0.1) is 0 Å². The summed E-state index contributed by atoms with van der Waals surface area (Å²) in [5.41, 5.74) is 2.72. The number of carbonyl (C=O) groups excluding carboxylic acids is 1. The number of morpholine rings is 1. The van der Waals surface area contributed by atoms with E-state index in [1.54, 1.807) is 12.1 Å². The van der Waals surface area contributed by atoms with Gasteiger partial charge in [0.15, 0.2) is 0 Å². The fraction of sp³-hybridized carbons (Fsp3) is 0.348. The zero-order valence-electron chi connectivity index (χ0n) is 15.6. The van der Waals surface area contributed by atoms with E-state index in [0.717, 1.165) is 16.7 Å². The van der Waals surface area contributed by atoms with Gasteiger partial charge in [-0.1, -0.05) is 60.1 Å². The lowest BCUT2D eigenvalue weighted by molar-refractivity contribution is -0.131. The number of carbonyl (C=O) groups is 1. The molecule has 1 aliphatic heterocycles. The molecule has 1 heterocycles. The number of nitrogens with zero attached hydrogens (tertiary/aromatic N) is 1. The van der Waals surface area contributed by atoms with Crippen molar-refractivity contribution < 1.29 is 14.6 Å². The number of benzene rings is 2. The number of ether oxygens (including phenoxy) is 1. The van der Waals surface area contributed by atoms with Crippen molar-refractivity contribution in [3.05, 3.63) is 82.4 Å². The van der Waals surface area contributed by atoms with Crippen molar-refractivity contribution >= 4 is 17.5 Å². The lowest BCUT2D eigenvalue weighted by atomic mass is 9.82. The second kappa shape index (κ2) is 8.48. The van der Waals surface area contributed by atoms with Crippen LogP contribution in [0.15, 0.2) is 66.2 Å². The number of hydrogen-bond acceptors (Lipinski definition) is 3. The highest BCUT2D eigenvalue weighted by atomic mass is 35.5. The van der Waals surface area contributed by atoms with Crippen LogP contribution in [-0.4, -0.2) is 42.2 Å². The van der Waals surface area contributed by atoms with Crippen molar-refractivity contribution in [3.63, 3.8) is 0 Å². The van der Waals surface area contributed by atoms with Crippen molar-refractivity contribution in [1.82, 2.24) is 4.90 Å². The van der Waals surface area contributed by atoms with Crippen LogP contribution in [0.1, 0.15) is 29.6 Å². The summed E-state index contributed by atoms with van der Waals surface area (Å²) in [6.07, 6.45) is 1.94. The number of aliphatic hydroxyl groups excluding tert-OH is 1. The van der Waals surface area contributed by atoms with Crippen LogP contribution in [0.25, 0.3) is 0 Å². The van der Waals surface area contributed by atoms with Crippen LogP contribution in [-0.2, 0) is 9.53 Å². The lowest BCUT2D eigenvalue weighted by Crippen LogP contribution is -2.41. The Morgan fingerprint density at radius 3 is 2.43 bits per heavy atom. The number of amides is 1. The Morgan fingerprint density at radius 2 is 1.75 bits per heavy atom. The summed E-state index contributed by atoms with van der Waals surface area (Å²) in [5.74, 6) is -0.0366. The van der Waals surface area contributed by atoms with Gasteiger partial charge in [0.1, 0.15) is 0 Å². The van der Waals surface area contributed by atoms with Crippen LogP contribution in [0.2, 0.25) is 5.02 Å². The average molecular weight is 398 g/mol. The molecule has 3 atom stereocenters. The maximum Gasteiger partial charge on any atom is 0.249 e. The molecular formula is C23H24ClNO3. The molecule has 1 amide bonds. The minimum absolute atomic E-state index is 0.00753. The Bertz CT molecular complexity index is 844. The molecule has 1 saturated heterocycles. The van der Waals surface area contributed by atoms with Gasteiger partial charge >= 0.3 is 0 Å². The molecule has 2 aromatic rings. The Morgan fingerprint density at radius 1 is 1.07 bits per heavy atom. The Balaban J connectivity index is 1.61. The summed E-state index contributed by atoms with van der Waals surface area (Å²) in [7, 11) is 0. The normalized spacial score (nSPS) is 23.4. The first-order chi connectivity index (χ1) is 13.6. The molecule has 1 fully saturated rings. The molecule has 0 spiro atoms. The molecule has 1 aliphatic carbocycles. The largest absolute Gasteiger partial charge is 0.388 e. The van der Waals surface area contributed by atoms with Gasteiger partial charge in [0.05, 0.1) is 19.3 Å². The molecule has 0 radical (unpaired) electrons. The molecule has 0 bridgehead atoms. The Labute approximate surface area is 170 Å². The van der Waals surface area contributed by atoms with Crippen LogP contribution < -0.4 is 0 Å². The second-order valence-electron chi connectivity index (χ2n) is 7.40. The first kappa shape index (κ1) is 19.2. The number of halogens is 1. The van der Waals surface area contributed by atoms with Crippen LogP contribution in [0.5, 0.6) is 0 Å². The van der Waals surface area contributed by atoms with E-state index < -0.39 is 6.10 Å². The van der Waals surface area contributed by atoms with E-state index >= 15 is 0 Å². The van der Waals surface area contributed by atoms with E-state index in [9.17, 15) is 9.90 Å². The molecule has 0 aromatic heterocycles. The van der Waals surface area contributed by atoms with Gasteiger partial charge in [0.2, 0.25) is 5.91 Å². The van der Waals surface area contributed by atoms with Crippen molar-refractivity contribution in [2.75, 3.05) is 26.3 Å². The molecule has 0 saturated carbocycles. The van der Waals surface area contributed by atoms with E-state index in [1.165, 1.54) is 0 Å². The van der Waals surface area contributed by atoms with E-state index in [1.807, 2.05) is 35.2 Å². The quantitative estimate of drug-likeness (QED) is 0.849. The van der Waals surface area contributed by atoms with Gasteiger partial charge in [-0.05, 0) is 29.7 Å². The summed E-state index contributed by atoms with van der Waals surface area (Å²) in [6.45, 7) is 2.41. The van der Waals surface area contributed by atoms with Gasteiger partial charge in [0, 0.05) is 35.5 Å². The van der Waals surface area contributed by atoms with Gasteiger partial charge < -0.3 is 14.7 Å². The first-order valence-corrected chi connectivity index (χ1v) is 10.1. The zero-order valence-corrected chi connectivity index (χ0v) is 16.4. The Hall–Kier alpha value is -2.14. The fourth-order valence-corrected chi connectivity index (χ4v) is 4.28. The summed E-state index contributed by atoms with van der Waals surface area (Å²) in [5, 5.41) is 11.8. The smallest absolute Gasteiger partial charge is 0.249 e. The van der Waals surface area contributed by atoms with Crippen LogP contribution in [0.4, 0.5) is 0 Å². The van der Waals surface area contributed by atoms with Gasteiger partial charge in [0.25, 0.3) is 0 Å². The third-order valence-corrected chi connectivity index (χ3v) is 5.92. The number of hydrogen-bond donors (Lipinski definition) is 1. The highest BCUT2D eigenvalue weighted by Crippen LogP contribution is 2.45. The average Bonchev–Trinajstić information content (AvgIpc) is 3.20. The van der Waals surface area contributed by atoms with Crippen molar-refractivity contribution in [3.8, 4) is 0 Å². The van der Waals surface area contributed by atoms with Crippen molar-refractivity contribution in [2.24, 2.45) is 5.92 Å². The molecule has 1 N–H and O–H groups in total. The van der Waals surface area contributed by atoms with Gasteiger partial charge in [-0.2, -0.15) is 0 Å². The molecule has 4 rings (SSSR count). The minimum atomic E-state index is -0.672. The molecule has 146 valence electrons. The molecule has 4 nitrogen and oxygen atoms in total. The summed E-state index contributed by atoms with van der Waals surface area (Å²) < 4.78 is 5.37. The fourth-order valence-electron chi connectivity index (χ4n) is 4.15. The molecule has 0 unspecified atom stereocenters. The highest BCUT2D eigenvalue weighted by molar-refractivity contribution is 6.30. The Kier molecular flexibility index (Phi) is 5.81. The molecular weight excluding hydrogens is 374 g/mol. The number of aliphatic hydroxyl groups is 1. The third-order valence-electron chi connectivity index (χ3n) is 5.67. The topological polar surface area (TPSA) is 49.8 Å². The predicted molar refractivity (Wildman–Crippen MR) is 109 cm³/mol. The lowest BCUT2D eigenvalue weighted by Gasteiger charge is -2.28. The predicted octanol–water partition coefficient (Wildman–Crippen LogP) is 3.96. The SMILES string of the molecule is O=C(C1=C[C@H](c2ccccc2)[C@@H]([C@H](O)c2ccc(Cl)cc2)C1)N1CCOCC1. The highest BCUT2D eigenvalue weighted by Gasteiger charge is 2.38. The standard InChI is InChI=1S/C23H24ClNO3/c24-19-8-6-17(7-9-19)22(26)21-15-18(23(27)25-10-12-28-13-11-25)14-20(21)16-4-2-1-3-5-16/h1-9,14,20-22,26H,10-13,15H2/t20-,21+,22-/m1/s1. The molecule has 28 heavy (non-hydrogen) atoms. The number of rotatable bonds is 4. The van der Waals surface area contributed by atoms with Crippen LogP contribution >= 0.6 is 11.6 Å². The third kappa shape index (κ3) is 4.00. The summed E-state index contributed by atoms with van der Waals surface area (Å²) in [4.78, 5) is 14.9. The molecule has 2 aliphatic rings. The second-order valence-corrected chi connectivity index (χ2v) is 7.83. The van der Waals surface area contributed by atoms with E-state index in [2.05, 4.69) is 18.2 Å². The van der Waals surface area contributed by atoms with Crippen molar-refractivity contribution in [1.29, 1.82) is 0 Å². The van der Waals surface area contributed by atoms with Crippen LogP contribution in [0.3, 0.4) is 0 Å². The van der Waals surface area contributed by atoms with Crippen molar-refractivity contribution in [2.45, 2.75) is 18.4 Å². The van der Waals surface area contributed by atoms with E-state index in [0.29, 0.717) is 37.7 Å². The van der Waals surface area contributed by atoms with Gasteiger partial charge in [-0.3, -0.25) is 4.79 Å². The molecule has 5 heteroatoms. The number of allylic oxidation sites excluding steroid dienone is 1. The summed E-state index contributed by atoms with van der Waals surface area (Å²) in [6, 6.07) is 17.4. The molecule has 2 aromatic carbocycles. The van der Waals surface area contributed by atoms with Gasteiger partial charge in [-0.25, -0.2) is 0 Å². The van der Waals surface area contributed by atoms with Crippen LogP contribution in [0, 0.1) is 5.92 Å². The minimum Gasteiger partial charge on any atom is -0.388 e. The maximum absolute atomic E-state index is 13.0. The van der Waals surface area contributed by atoms with E-state index in [4.69, 9.17) is 16.3 Å².